The van der Waals surface area contributed by atoms with Crippen LogP contribution in [-0.4, -0.2) is 37.5 Å². The van der Waals surface area contributed by atoms with Crippen molar-refractivity contribution in [3.63, 3.8) is 0 Å². The minimum atomic E-state index is -0.485. The maximum absolute atomic E-state index is 9.75. The van der Waals surface area contributed by atoms with E-state index in [1.54, 1.807) is 6.92 Å². The minimum Gasteiger partial charge on any atom is -0.392 e. The molecule has 0 fully saturated rings. The summed E-state index contributed by atoms with van der Waals surface area (Å²) in [6, 6.07) is 8.05. The van der Waals surface area contributed by atoms with E-state index >= 15 is 0 Å². The van der Waals surface area contributed by atoms with Crippen molar-refractivity contribution in [1.82, 2.24) is 19.7 Å². The zero-order valence-electron chi connectivity index (χ0n) is 16.9. The lowest BCUT2D eigenvalue weighted by atomic mass is 10.1. The number of hydrogen-bond donors (Lipinski definition) is 3. The first-order valence-electron chi connectivity index (χ1n) is 9.51. The van der Waals surface area contributed by atoms with Crippen LogP contribution >= 0.6 is 15.9 Å². The smallest absolute Gasteiger partial charge is 0.205 e. The Labute approximate surface area is 174 Å². The highest BCUT2D eigenvalue weighted by Gasteiger charge is 2.28. The number of rotatable bonds is 7. The van der Waals surface area contributed by atoms with E-state index in [9.17, 15) is 5.11 Å². The summed E-state index contributed by atoms with van der Waals surface area (Å²) in [6.45, 7) is 10.6. The van der Waals surface area contributed by atoms with Gasteiger partial charge in [0.1, 0.15) is 0 Å². The van der Waals surface area contributed by atoms with Gasteiger partial charge in [-0.3, -0.25) is 0 Å². The first kappa shape index (κ1) is 20.5. The highest BCUT2D eigenvalue weighted by Crippen LogP contribution is 2.38. The fourth-order valence-electron chi connectivity index (χ4n) is 3.05. The van der Waals surface area contributed by atoms with Crippen molar-refractivity contribution in [3.05, 3.63) is 34.4 Å². The van der Waals surface area contributed by atoms with Crippen molar-refractivity contribution < 1.29 is 5.11 Å². The van der Waals surface area contributed by atoms with Gasteiger partial charge in [0.15, 0.2) is 11.5 Å². The lowest BCUT2D eigenvalue weighted by molar-refractivity contribution is 0.208. The fourth-order valence-corrected chi connectivity index (χ4v) is 3.31. The van der Waals surface area contributed by atoms with Gasteiger partial charge in [-0.2, -0.15) is 10.1 Å². The van der Waals surface area contributed by atoms with Crippen LogP contribution in [0.15, 0.2) is 28.7 Å². The second-order valence-electron chi connectivity index (χ2n) is 7.55. The van der Waals surface area contributed by atoms with E-state index in [0.717, 1.165) is 27.2 Å². The van der Waals surface area contributed by atoms with Crippen LogP contribution in [0.4, 0.5) is 17.5 Å². The number of nitrogens with zero attached hydrogens (tertiary/aromatic N) is 4. The summed E-state index contributed by atoms with van der Waals surface area (Å²) < 4.78 is 3.12. The van der Waals surface area contributed by atoms with E-state index in [1.165, 1.54) is 0 Å². The molecule has 1 atom stereocenters. The number of aliphatic hydroxyl groups is 1. The van der Waals surface area contributed by atoms with E-state index in [-0.39, 0.29) is 12.0 Å². The Kier molecular flexibility index (Phi) is 6.20. The zero-order chi connectivity index (χ0) is 20.4. The van der Waals surface area contributed by atoms with Gasteiger partial charge in [0.2, 0.25) is 5.95 Å². The number of fused-ring (bicyclic) bond motifs is 1. The summed E-state index contributed by atoms with van der Waals surface area (Å²) in [5.74, 6) is 1.55. The van der Waals surface area contributed by atoms with Gasteiger partial charge in [-0.15, -0.1) is 5.10 Å². The lowest BCUT2D eigenvalue weighted by Gasteiger charge is -2.24. The molecule has 3 N–H and O–H groups in total. The molecule has 1 aromatic carbocycles. The highest BCUT2D eigenvalue weighted by molar-refractivity contribution is 9.10. The molecule has 1 aromatic rings. The molecule has 0 radical (unpaired) electrons. The molecule has 0 aromatic heterocycles. The molecule has 0 bridgehead atoms. The number of hydrogen-bond acceptors (Lipinski definition) is 6. The summed E-state index contributed by atoms with van der Waals surface area (Å²) in [5, 5.41) is 25.3. The number of aliphatic hydroxyl groups excluding tert-OH is 1. The summed E-state index contributed by atoms with van der Waals surface area (Å²) in [5.41, 5.74) is 3.55. The lowest BCUT2D eigenvalue weighted by Crippen LogP contribution is -2.22. The predicted molar refractivity (Wildman–Crippen MR) is 117 cm³/mol. The molecule has 3 rings (SSSR count). The van der Waals surface area contributed by atoms with Crippen LogP contribution in [-0.2, 0) is 0 Å². The molecule has 8 heteroatoms. The summed E-state index contributed by atoms with van der Waals surface area (Å²) in [6.07, 6.45) is -0.485. The van der Waals surface area contributed by atoms with Crippen molar-refractivity contribution in [3.8, 4) is 11.4 Å². The molecule has 0 aliphatic carbocycles. The first-order valence-corrected chi connectivity index (χ1v) is 10.3. The SMILES string of the molecule is CC(O)CNc1nc(Nc2ccc(Br)cc2)c2nnc(C(C)C)c-2n1C(C)C. The van der Waals surface area contributed by atoms with Crippen molar-refractivity contribution in [1.29, 1.82) is 0 Å². The van der Waals surface area contributed by atoms with Gasteiger partial charge in [0.05, 0.1) is 17.5 Å². The Bertz CT molecular complexity index is 904. The molecular weight excluding hydrogens is 420 g/mol. The van der Waals surface area contributed by atoms with E-state index in [1.807, 2.05) is 24.3 Å². The Balaban J connectivity index is 2.16. The molecule has 28 heavy (non-hydrogen) atoms. The largest absolute Gasteiger partial charge is 0.392 e. The quantitative estimate of drug-likeness (QED) is 0.483. The maximum Gasteiger partial charge on any atom is 0.205 e. The number of nitrogens with one attached hydrogen (secondary N) is 2. The van der Waals surface area contributed by atoms with Gasteiger partial charge in [-0.05, 0) is 51.0 Å². The molecular formula is C20H27BrN6O. The molecule has 0 spiro atoms. The molecule has 1 unspecified atom stereocenters. The second-order valence-corrected chi connectivity index (χ2v) is 8.46. The fraction of sp³-hybridized carbons (Fsp3) is 0.450. The molecule has 0 saturated carbocycles. The van der Waals surface area contributed by atoms with Crippen LogP contribution in [0.3, 0.4) is 0 Å². The molecule has 0 saturated heterocycles. The van der Waals surface area contributed by atoms with Gasteiger partial charge >= 0.3 is 0 Å². The van der Waals surface area contributed by atoms with Crippen LogP contribution in [0.5, 0.6) is 0 Å². The number of benzene rings is 1. The maximum atomic E-state index is 9.75. The normalized spacial score (nSPS) is 12.8. The van der Waals surface area contributed by atoms with E-state index in [2.05, 4.69) is 69.0 Å². The van der Waals surface area contributed by atoms with Gasteiger partial charge in [0, 0.05) is 22.7 Å². The highest BCUT2D eigenvalue weighted by atomic mass is 79.9. The van der Waals surface area contributed by atoms with Crippen LogP contribution < -0.4 is 10.6 Å². The van der Waals surface area contributed by atoms with E-state index in [0.29, 0.717) is 18.3 Å². The van der Waals surface area contributed by atoms with Crippen LogP contribution in [0.25, 0.3) is 11.4 Å². The third-order valence-corrected chi connectivity index (χ3v) is 4.89. The Hall–Kier alpha value is -2.19. The Morgan fingerprint density at radius 3 is 2.32 bits per heavy atom. The van der Waals surface area contributed by atoms with Crippen molar-refractivity contribution in [2.24, 2.45) is 0 Å². The predicted octanol–water partition coefficient (Wildman–Crippen LogP) is 4.78. The number of halogens is 1. The summed E-state index contributed by atoms with van der Waals surface area (Å²) in [4.78, 5) is 4.80. The van der Waals surface area contributed by atoms with Gasteiger partial charge in [0.25, 0.3) is 0 Å². The van der Waals surface area contributed by atoms with Gasteiger partial charge in [-0.25, -0.2) is 0 Å². The Morgan fingerprint density at radius 1 is 1.07 bits per heavy atom. The number of aromatic nitrogens is 4. The first-order chi connectivity index (χ1) is 13.3. The summed E-state index contributed by atoms with van der Waals surface area (Å²) in [7, 11) is 0. The average Bonchev–Trinajstić information content (AvgIpc) is 3.06. The van der Waals surface area contributed by atoms with Crippen molar-refractivity contribution in [2.75, 3.05) is 17.2 Å². The molecule has 2 aliphatic heterocycles. The van der Waals surface area contributed by atoms with Crippen molar-refractivity contribution in [2.45, 2.75) is 52.7 Å². The zero-order valence-corrected chi connectivity index (χ0v) is 18.4. The topological polar surface area (TPSA) is 87.9 Å². The van der Waals surface area contributed by atoms with Gasteiger partial charge < -0.3 is 20.3 Å². The summed E-state index contributed by atoms with van der Waals surface area (Å²) >= 11 is 3.46. The molecule has 150 valence electrons. The second kappa shape index (κ2) is 8.45. The van der Waals surface area contributed by atoms with Gasteiger partial charge in [-0.1, -0.05) is 29.8 Å². The van der Waals surface area contributed by atoms with Crippen molar-refractivity contribution >= 4 is 33.4 Å². The third kappa shape index (κ3) is 4.28. The number of anilines is 3. The average molecular weight is 447 g/mol. The monoisotopic (exact) mass is 446 g/mol. The van der Waals surface area contributed by atoms with E-state index in [4.69, 9.17) is 4.98 Å². The van der Waals surface area contributed by atoms with Crippen LogP contribution in [0, 0.1) is 0 Å². The Morgan fingerprint density at radius 2 is 1.75 bits per heavy atom. The molecule has 0 amide bonds. The molecule has 7 nitrogen and oxygen atoms in total. The molecule has 2 heterocycles. The van der Waals surface area contributed by atoms with E-state index < -0.39 is 6.10 Å². The minimum absolute atomic E-state index is 0.150. The van der Waals surface area contributed by atoms with Crippen LogP contribution in [0.2, 0.25) is 0 Å². The standard InChI is InChI=1S/C20H27BrN6O/c1-11(2)16-18-17(26-25-16)19(23-15-8-6-14(21)7-9-15)24-20(22-10-13(5)28)27(18)12(3)4/h6-9,11-13,23,28H,10H2,1-5H3,(H,22,24). The van der Waals surface area contributed by atoms with Crippen LogP contribution in [0.1, 0.15) is 52.3 Å². The third-order valence-electron chi connectivity index (χ3n) is 4.36. The molecule has 2 aliphatic rings.